The van der Waals surface area contributed by atoms with Crippen molar-refractivity contribution in [2.45, 2.75) is 51.8 Å². The van der Waals surface area contributed by atoms with Crippen molar-refractivity contribution < 1.29 is 19.1 Å². The maximum Gasteiger partial charge on any atom is 0.407 e. The van der Waals surface area contributed by atoms with Crippen LogP contribution in [0.1, 0.15) is 34.1 Å². The van der Waals surface area contributed by atoms with Crippen molar-refractivity contribution >= 4 is 12.0 Å². The van der Waals surface area contributed by atoms with Gasteiger partial charge in [-0.25, -0.2) is 4.79 Å². The number of ether oxygens (including phenoxy) is 2. The Bertz CT molecular complexity index is 419. The van der Waals surface area contributed by atoms with Crippen LogP contribution in [0.5, 0.6) is 0 Å². The maximum absolute atomic E-state index is 12.4. The number of alkyl carbamates (subject to hydrolysis) is 1. The smallest absolute Gasteiger partial charge is 0.407 e. The molecular formula is C14H24N2O4. The normalized spacial score (nSPS) is 30.9. The molecule has 1 aliphatic carbocycles. The Morgan fingerprint density at radius 3 is 2.60 bits per heavy atom. The molecule has 2 rings (SSSR count). The number of hydrogen-bond donors (Lipinski definition) is 2. The molecule has 2 N–H and O–H groups in total. The van der Waals surface area contributed by atoms with Crippen molar-refractivity contribution in [2.24, 2.45) is 11.3 Å². The van der Waals surface area contributed by atoms with E-state index in [1.807, 2.05) is 0 Å². The van der Waals surface area contributed by atoms with Gasteiger partial charge in [-0.3, -0.25) is 4.79 Å². The third kappa shape index (κ3) is 2.37. The first-order valence-electron chi connectivity index (χ1n) is 6.99. The van der Waals surface area contributed by atoms with Crippen molar-refractivity contribution in [1.29, 1.82) is 0 Å². The quantitative estimate of drug-likeness (QED) is 0.812. The van der Waals surface area contributed by atoms with E-state index in [2.05, 4.69) is 29.2 Å². The van der Waals surface area contributed by atoms with Gasteiger partial charge in [0.15, 0.2) is 0 Å². The Morgan fingerprint density at radius 2 is 2.00 bits per heavy atom. The van der Waals surface area contributed by atoms with Gasteiger partial charge in [-0.15, -0.1) is 0 Å². The van der Waals surface area contributed by atoms with Gasteiger partial charge in [0.05, 0.1) is 13.2 Å². The summed E-state index contributed by atoms with van der Waals surface area (Å²) in [5.41, 5.74) is -1.08. The summed E-state index contributed by atoms with van der Waals surface area (Å²) in [6.07, 6.45) is 0.591. The molecule has 3 atom stereocenters. The molecule has 114 valence electrons. The lowest BCUT2D eigenvalue weighted by Crippen LogP contribution is -2.69. The van der Waals surface area contributed by atoms with Crippen LogP contribution in [-0.4, -0.2) is 43.4 Å². The molecular weight excluding hydrogens is 260 g/mol. The minimum absolute atomic E-state index is 0.0713. The summed E-state index contributed by atoms with van der Waals surface area (Å²) >= 11 is 0. The van der Waals surface area contributed by atoms with Gasteiger partial charge in [0, 0.05) is 24.0 Å². The van der Waals surface area contributed by atoms with E-state index in [1.54, 1.807) is 13.8 Å². The molecule has 0 aromatic carbocycles. The van der Waals surface area contributed by atoms with E-state index in [4.69, 9.17) is 4.74 Å². The Balaban J connectivity index is 1.99. The van der Waals surface area contributed by atoms with E-state index in [-0.39, 0.29) is 23.5 Å². The predicted octanol–water partition coefficient (Wildman–Crippen LogP) is 1.05. The Hall–Kier alpha value is -1.30. The molecule has 1 saturated carbocycles. The van der Waals surface area contributed by atoms with Crippen LogP contribution < -0.4 is 10.6 Å². The van der Waals surface area contributed by atoms with Crippen LogP contribution in [0.2, 0.25) is 0 Å². The van der Waals surface area contributed by atoms with Gasteiger partial charge in [0.25, 0.3) is 0 Å². The first-order valence-corrected chi connectivity index (χ1v) is 6.99. The monoisotopic (exact) mass is 284 g/mol. The molecule has 2 amide bonds. The van der Waals surface area contributed by atoms with Crippen LogP contribution in [0.15, 0.2) is 0 Å². The van der Waals surface area contributed by atoms with Gasteiger partial charge in [-0.2, -0.15) is 0 Å². The number of carbonyl (C=O) groups is 2. The predicted molar refractivity (Wildman–Crippen MR) is 73.2 cm³/mol. The van der Waals surface area contributed by atoms with Crippen LogP contribution in [0.3, 0.4) is 0 Å². The molecule has 1 saturated heterocycles. The molecule has 0 aromatic rings. The van der Waals surface area contributed by atoms with E-state index in [9.17, 15) is 9.59 Å². The number of amides is 2. The van der Waals surface area contributed by atoms with Crippen molar-refractivity contribution in [3.05, 3.63) is 0 Å². The highest BCUT2D eigenvalue weighted by Crippen LogP contribution is 2.52. The number of nitrogens with one attached hydrogen (secondary N) is 2. The third-order valence-corrected chi connectivity index (χ3v) is 4.55. The highest BCUT2D eigenvalue weighted by molar-refractivity contribution is 5.89. The van der Waals surface area contributed by atoms with Gasteiger partial charge >= 0.3 is 6.09 Å². The lowest BCUT2D eigenvalue weighted by Gasteiger charge is -2.55. The molecule has 1 aliphatic heterocycles. The molecule has 0 radical (unpaired) electrons. The number of hydrogen-bond acceptors (Lipinski definition) is 4. The summed E-state index contributed by atoms with van der Waals surface area (Å²) in [4.78, 5) is 23.7. The molecule has 6 nitrogen and oxygen atoms in total. The maximum atomic E-state index is 12.4. The van der Waals surface area contributed by atoms with Gasteiger partial charge in [-0.05, 0) is 20.3 Å². The van der Waals surface area contributed by atoms with E-state index in [0.29, 0.717) is 5.92 Å². The van der Waals surface area contributed by atoms with E-state index >= 15 is 0 Å². The SMILES string of the molecule is COC(=O)NC(C)(C)C(=O)N[C@@H]1[C@H]2CCO[C@H]2C1(C)C. The van der Waals surface area contributed by atoms with E-state index in [1.165, 1.54) is 7.11 Å². The summed E-state index contributed by atoms with van der Waals surface area (Å²) < 4.78 is 10.2. The minimum atomic E-state index is -1.01. The molecule has 2 aliphatic rings. The molecule has 20 heavy (non-hydrogen) atoms. The van der Waals surface area contributed by atoms with Crippen molar-refractivity contribution in [2.75, 3.05) is 13.7 Å². The lowest BCUT2D eigenvalue weighted by molar-refractivity contribution is -0.142. The second kappa shape index (κ2) is 4.91. The van der Waals surface area contributed by atoms with Crippen molar-refractivity contribution in [3.8, 4) is 0 Å². The molecule has 0 unspecified atom stereocenters. The van der Waals surface area contributed by atoms with Crippen LogP contribution in [-0.2, 0) is 14.3 Å². The number of carbonyl (C=O) groups excluding carboxylic acids is 2. The fourth-order valence-corrected chi connectivity index (χ4v) is 3.30. The Morgan fingerprint density at radius 1 is 1.35 bits per heavy atom. The summed E-state index contributed by atoms with van der Waals surface area (Å²) in [6, 6.07) is 0.0845. The van der Waals surface area contributed by atoms with Crippen LogP contribution in [0.25, 0.3) is 0 Å². The van der Waals surface area contributed by atoms with E-state index in [0.717, 1.165) is 13.0 Å². The zero-order valence-electron chi connectivity index (χ0n) is 12.8. The van der Waals surface area contributed by atoms with E-state index < -0.39 is 11.6 Å². The lowest BCUT2D eigenvalue weighted by atomic mass is 9.57. The molecule has 1 heterocycles. The Labute approximate surface area is 119 Å². The van der Waals surface area contributed by atoms with Crippen molar-refractivity contribution in [3.63, 3.8) is 0 Å². The number of rotatable bonds is 3. The molecule has 0 spiro atoms. The third-order valence-electron chi connectivity index (χ3n) is 4.55. The summed E-state index contributed by atoms with van der Waals surface area (Å²) in [6.45, 7) is 8.28. The fourth-order valence-electron chi connectivity index (χ4n) is 3.30. The summed E-state index contributed by atoms with van der Waals surface area (Å²) in [7, 11) is 1.28. The highest BCUT2D eigenvalue weighted by Gasteiger charge is 2.60. The van der Waals surface area contributed by atoms with Gasteiger partial charge in [0.1, 0.15) is 5.54 Å². The first-order chi connectivity index (χ1) is 9.20. The fraction of sp³-hybridized carbons (Fsp3) is 0.857. The summed E-state index contributed by atoms with van der Waals surface area (Å²) in [5, 5.41) is 5.60. The first kappa shape index (κ1) is 15.1. The molecule has 2 fully saturated rings. The standard InChI is InChI=1S/C14H24N2O4/c1-13(2)9(8-6-7-20-10(8)13)15-11(17)14(3,4)16-12(18)19-5/h8-10H,6-7H2,1-5H3,(H,15,17)(H,16,18)/t8-,9-,10-/m1/s1. The van der Waals surface area contributed by atoms with Gasteiger partial charge < -0.3 is 20.1 Å². The molecule has 0 bridgehead atoms. The van der Waals surface area contributed by atoms with Gasteiger partial charge in [0.2, 0.25) is 5.91 Å². The zero-order valence-corrected chi connectivity index (χ0v) is 12.8. The average Bonchev–Trinajstić information content (AvgIpc) is 2.81. The molecule has 6 heteroatoms. The zero-order chi connectivity index (χ0) is 15.1. The van der Waals surface area contributed by atoms with Crippen molar-refractivity contribution in [1.82, 2.24) is 10.6 Å². The van der Waals surface area contributed by atoms with Crippen LogP contribution in [0.4, 0.5) is 4.79 Å². The second-order valence-corrected chi connectivity index (χ2v) is 6.76. The minimum Gasteiger partial charge on any atom is -0.453 e. The number of methoxy groups -OCH3 is 1. The van der Waals surface area contributed by atoms with Crippen LogP contribution in [0, 0.1) is 11.3 Å². The van der Waals surface area contributed by atoms with Gasteiger partial charge in [-0.1, -0.05) is 13.8 Å². The number of fused-ring (bicyclic) bond motifs is 1. The molecule has 0 aromatic heterocycles. The largest absolute Gasteiger partial charge is 0.453 e. The highest BCUT2D eigenvalue weighted by atomic mass is 16.5. The van der Waals surface area contributed by atoms with Crippen LogP contribution >= 0.6 is 0 Å². The Kier molecular flexibility index (Phi) is 3.71. The topological polar surface area (TPSA) is 76.7 Å². The summed E-state index contributed by atoms with van der Waals surface area (Å²) in [5.74, 6) is 0.175. The second-order valence-electron chi connectivity index (χ2n) is 6.76. The average molecular weight is 284 g/mol.